The monoisotopic (exact) mass is 256 g/mol. The Balaban J connectivity index is 3.01. The molecule has 0 amide bonds. The molecule has 0 radical (unpaired) electrons. The van der Waals surface area contributed by atoms with Crippen molar-refractivity contribution in [1.29, 1.82) is 0 Å². The Hall–Kier alpha value is -1.32. The standard InChI is InChI=1S/C11H16N2O3S/c1-5-7-10(6-2)13-17(14,15)11-8(3)12-16-9(11)4/h1,10,13H,6-7H2,2-4H3. The first-order chi connectivity index (χ1) is 7.92. The van der Waals surface area contributed by atoms with E-state index in [1.165, 1.54) is 0 Å². The first kappa shape index (κ1) is 13.7. The lowest BCUT2D eigenvalue weighted by atomic mass is 10.2. The molecule has 1 heterocycles. The number of aromatic nitrogens is 1. The second-order valence-corrected chi connectivity index (χ2v) is 5.44. The average molecular weight is 256 g/mol. The summed E-state index contributed by atoms with van der Waals surface area (Å²) in [6.07, 6.45) is 6.18. The number of nitrogens with one attached hydrogen (secondary N) is 1. The Morgan fingerprint density at radius 1 is 1.53 bits per heavy atom. The van der Waals surface area contributed by atoms with Crippen LogP contribution < -0.4 is 4.72 Å². The van der Waals surface area contributed by atoms with Gasteiger partial charge in [0.2, 0.25) is 10.0 Å². The fourth-order valence-corrected chi connectivity index (χ4v) is 3.20. The van der Waals surface area contributed by atoms with Gasteiger partial charge in [-0.25, -0.2) is 13.1 Å². The molecule has 1 unspecified atom stereocenters. The molecule has 0 aromatic carbocycles. The van der Waals surface area contributed by atoms with Gasteiger partial charge in [0.05, 0.1) is 0 Å². The minimum atomic E-state index is -3.61. The summed E-state index contributed by atoms with van der Waals surface area (Å²) in [6, 6.07) is -0.265. The first-order valence-electron chi connectivity index (χ1n) is 5.31. The van der Waals surface area contributed by atoms with E-state index in [0.29, 0.717) is 18.5 Å². The van der Waals surface area contributed by atoms with Gasteiger partial charge in [-0.05, 0) is 20.3 Å². The Kier molecular flexibility index (Phi) is 4.32. The number of terminal acetylenes is 1. The van der Waals surface area contributed by atoms with Gasteiger partial charge < -0.3 is 4.52 Å². The summed E-state index contributed by atoms with van der Waals surface area (Å²) < 4.78 is 31.6. The summed E-state index contributed by atoms with van der Waals surface area (Å²) in [5.41, 5.74) is 0.352. The highest BCUT2D eigenvalue weighted by atomic mass is 32.2. The van der Waals surface area contributed by atoms with Crippen LogP contribution in [0.3, 0.4) is 0 Å². The highest BCUT2D eigenvalue weighted by Gasteiger charge is 2.26. The first-order valence-corrected chi connectivity index (χ1v) is 6.79. The number of aryl methyl sites for hydroxylation is 2. The molecule has 0 spiro atoms. The van der Waals surface area contributed by atoms with Gasteiger partial charge in [-0.2, -0.15) is 0 Å². The van der Waals surface area contributed by atoms with Crippen LogP contribution >= 0.6 is 0 Å². The van der Waals surface area contributed by atoms with Crippen molar-refractivity contribution in [2.45, 2.75) is 44.6 Å². The lowest BCUT2D eigenvalue weighted by Gasteiger charge is -2.14. The van der Waals surface area contributed by atoms with E-state index < -0.39 is 10.0 Å². The second kappa shape index (κ2) is 5.34. The maximum atomic E-state index is 12.1. The zero-order chi connectivity index (χ0) is 13.1. The van der Waals surface area contributed by atoms with Gasteiger partial charge in [0.1, 0.15) is 10.6 Å². The van der Waals surface area contributed by atoms with Crippen molar-refractivity contribution in [3.05, 3.63) is 11.5 Å². The maximum Gasteiger partial charge on any atom is 0.246 e. The van der Waals surface area contributed by atoms with Crippen molar-refractivity contribution in [2.24, 2.45) is 0 Å². The topological polar surface area (TPSA) is 72.2 Å². The third-order valence-corrected chi connectivity index (χ3v) is 4.18. The average Bonchev–Trinajstić information content (AvgIpc) is 2.58. The molecular weight excluding hydrogens is 240 g/mol. The largest absolute Gasteiger partial charge is 0.360 e. The number of rotatable bonds is 5. The molecule has 1 aromatic rings. The van der Waals surface area contributed by atoms with Crippen LogP contribution in [0.5, 0.6) is 0 Å². The predicted octanol–water partition coefficient (Wildman–Crippen LogP) is 1.37. The van der Waals surface area contributed by atoms with Gasteiger partial charge in [0.15, 0.2) is 5.76 Å². The van der Waals surface area contributed by atoms with Gasteiger partial charge in [0.25, 0.3) is 0 Å². The fourth-order valence-electron chi connectivity index (χ4n) is 1.55. The zero-order valence-electron chi connectivity index (χ0n) is 10.1. The molecule has 0 fully saturated rings. The van der Waals surface area contributed by atoms with E-state index in [0.717, 1.165) is 0 Å². The third-order valence-electron chi connectivity index (χ3n) is 2.42. The molecule has 0 saturated carbocycles. The molecule has 0 aliphatic rings. The highest BCUT2D eigenvalue weighted by Crippen LogP contribution is 2.19. The lowest BCUT2D eigenvalue weighted by molar-refractivity contribution is 0.390. The highest BCUT2D eigenvalue weighted by molar-refractivity contribution is 7.89. The van der Waals surface area contributed by atoms with Crippen LogP contribution in [0.1, 0.15) is 31.2 Å². The normalized spacial score (nSPS) is 13.3. The second-order valence-electron chi connectivity index (χ2n) is 3.79. The Labute approximate surface area is 102 Å². The van der Waals surface area contributed by atoms with E-state index in [1.54, 1.807) is 13.8 Å². The molecule has 1 N–H and O–H groups in total. The summed E-state index contributed by atoms with van der Waals surface area (Å²) in [5.74, 6) is 2.73. The zero-order valence-corrected chi connectivity index (χ0v) is 11.0. The SMILES string of the molecule is C#CCC(CC)NS(=O)(=O)c1c(C)noc1C. The van der Waals surface area contributed by atoms with Crippen molar-refractivity contribution in [3.63, 3.8) is 0 Å². The van der Waals surface area contributed by atoms with Gasteiger partial charge >= 0.3 is 0 Å². The molecule has 1 atom stereocenters. The minimum Gasteiger partial charge on any atom is -0.360 e. The van der Waals surface area contributed by atoms with Gasteiger partial charge in [-0.3, -0.25) is 0 Å². The smallest absolute Gasteiger partial charge is 0.246 e. The van der Waals surface area contributed by atoms with E-state index in [2.05, 4.69) is 15.8 Å². The summed E-state index contributed by atoms with van der Waals surface area (Å²) in [5, 5.41) is 3.63. The number of hydrogen-bond acceptors (Lipinski definition) is 4. The molecule has 1 aromatic heterocycles. The molecule has 6 heteroatoms. The van der Waals surface area contributed by atoms with Crippen LogP contribution in [-0.2, 0) is 10.0 Å². The Morgan fingerprint density at radius 3 is 2.59 bits per heavy atom. The summed E-state index contributed by atoms with van der Waals surface area (Å²) in [4.78, 5) is 0.105. The lowest BCUT2D eigenvalue weighted by Crippen LogP contribution is -2.34. The molecule has 5 nitrogen and oxygen atoms in total. The third kappa shape index (κ3) is 3.08. The molecular formula is C11H16N2O3S. The molecule has 0 aliphatic carbocycles. The predicted molar refractivity (Wildman–Crippen MR) is 63.8 cm³/mol. The van der Waals surface area contributed by atoms with Crippen LogP contribution in [0, 0.1) is 26.2 Å². The van der Waals surface area contributed by atoms with Gasteiger partial charge in [-0.1, -0.05) is 12.1 Å². The van der Waals surface area contributed by atoms with Crippen LogP contribution in [0.4, 0.5) is 0 Å². The van der Waals surface area contributed by atoms with E-state index >= 15 is 0 Å². The Bertz CT molecular complexity index is 506. The van der Waals surface area contributed by atoms with Crippen molar-refractivity contribution < 1.29 is 12.9 Å². The Morgan fingerprint density at radius 2 is 2.18 bits per heavy atom. The molecule has 0 bridgehead atoms. The van der Waals surface area contributed by atoms with Crippen molar-refractivity contribution in [2.75, 3.05) is 0 Å². The van der Waals surface area contributed by atoms with E-state index in [4.69, 9.17) is 10.9 Å². The summed E-state index contributed by atoms with van der Waals surface area (Å²) in [6.45, 7) is 5.03. The maximum absolute atomic E-state index is 12.1. The van der Waals surface area contributed by atoms with Crippen molar-refractivity contribution >= 4 is 10.0 Å². The molecule has 94 valence electrons. The fraction of sp³-hybridized carbons (Fsp3) is 0.545. The quantitative estimate of drug-likeness (QED) is 0.808. The molecule has 1 rings (SSSR count). The summed E-state index contributed by atoms with van der Waals surface area (Å²) >= 11 is 0. The van der Waals surface area contributed by atoms with Crippen LogP contribution in [0.2, 0.25) is 0 Å². The van der Waals surface area contributed by atoms with Crippen LogP contribution in [0.15, 0.2) is 9.42 Å². The number of sulfonamides is 1. The van der Waals surface area contributed by atoms with E-state index in [1.807, 2.05) is 6.92 Å². The van der Waals surface area contributed by atoms with Crippen molar-refractivity contribution in [1.82, 2.24) is 9.88 Å². The molecule has 0 saturated heterocycles. The van der Waals surface area contributed by atoms with Gasteiger partial charge in [-0.15, -0.1) is 12.3 Å². The molecule has 0 aliphatic heterocycles. The van der Waals surface area contributed by atoms with Crippen LogP contribution in [-0.4, -0.2) is 19.6 Å². The van der Waals surface area contributed by atoms with Crippen LogP contribution in [0.25, 0.3) is 0 Å². The van der Waals surface area contributed by atoms with E-state index in [9.17, 15) is 8.42 Å². The van der Waals surface area contributed by atoms with Gasteiger partial charge in [0, 0.05) is 12.5 Å². The number of hydrogen-bond donors (Lipinski definition) is 1. The molecule has 17 heavy (non-hydrogen) atoms. The van der Waals surface area contributed by atoms with E-state index in [-0.39, 0.29) is 16.7 Å². The number of nitrogens with zero attached hydrogens (tertiary/aromatic N) is 1. The summed E-state index contributed by atoms with van der Waals surface area (Å²) in [7, 11) is -3.61. The minimum absolute atomic E-state index is 0.105. The van der Waals surface area contributed by atoms with Crippen molar-refractivity contribution in [3.8, 4) is 12.3 Å².